The minimum atomic E-state index is -3.36. The van der Waals surface area contributed by atoms with Crippen LogP contribution >= 0.6 is 11.6 Å². The van der Waals surface area contributed by atoms with Crippen molar-refractivity contribution in [3.05, 3.63) is 70.8 Å². The Hall–Kier alpha value is -2.91. The standard InChI is InChI=1S/C22H24ClN5O3S/c1-15-25-26-21(28(15)14-16-8-10-17(23)11-9-16)20-7-4-12-27(20)22(29)24-18-5-3-6-19(13-18)32(2,30)31/h3,5-6,8-11,13,20H,4,7,12,14H2,1-2H3,(H,24,29)/t20-/m1/s1. The van der Waals surface area contributed by atoms with Gasteiger partial charge in [-0.15, -0.1) is 10.2 Å². The van der Waals surface area contributed by atoms with E-state index < -0.39 is 9.84 Å². The van der Waals surface area contributed by atoms with Crippen LogP contribution in [0.5, 0.6) is 0 Å². The average molecular weight is 474 g/mol. The van der Waals surface area contributed by atoms with Gasteiger partial charge in [-0.05, 0) is 55.7 Å². The Morgan fingerprint density at radius 1 is 1.19 bits per heavy atom. The van der Waals surface area contributed by atoms with E-state index in [1.54, 1.807) is 17.0 Å². The predicted molar refractivity (Wildman–Crippen MR) is 123 cm³/mol. The van der Waals surface area contributed by atoms with E-state index in [-0.39, 0.29) is 17.0 Å². The number of amides is 2. The van der Waals surface area contributed by atoms with Crippen LogP contribution in [0.15, 0.2) is 53.4 Å². The molecule has 8 nitrogen and oxygen atoms in total. The van der Waals surface area contributed by atoms with Gasteiger partial charge in [0.25, 0.3) is 0 Å². The van der Waals surface area contributed by atoms with Crippen LogP contribution < -0.4 is 5.32 Å². The lowest BCUT2D eigenvalue weighted by Gasteiger charge is -2.25. The minimum Gasteiger partial charge on any atom is -0.314 e. The Labute approximate surface area is 192 Å². The third kappa shape index (κ3) is 4.78. The molecule has 2 heterocycles. The van der Waals surface area contributed by atoms with Crippen molar-refractivity contribution in [1.29, 1.82) is 0 Å². The van der Waals surface area contributed by atoms with Crippen LogP contribution in [0.2, 0.25) is 5.02 Å². The first kappa shape index (κ1) is 22.3. The van der Waals surface area contributed by atoms with Gasteiger partial charge in [-0.2, -0.15) is 0 Å². The van der Waals surface area contributed by atoms with Gasteiger partial charge in [0.1, 0.15) is 5.82 Å². The first-order chi connectivity index (χ1) is 15.2. The van der Waals surface area contributed by atoms with Crippen molar-refractivity contribution >= 4 is 33.2 Å². The molecule has 0 saturated carbocycles. The zero-order valence-corrected chi connectivity index (χ0v) is 19.4. The number of halogens is 1. The number of hydrogen-bond donors (Lipinski definition) is 1. The van der Waals surface area contributed by atoms with Crippen molar-refractivity contribution in [3.63, 3.8) is 0 Å². The summed E-state index contributed by atoms with van der Waals surface area (Å²) in [6.45, 7) is 3.05. The molecule has 1 fully saturated rings. The van der Waals surface area contributed by atoms with Gasteiger partial charge in [-0.1, -0.05) is 29.8 Å². The summed E-state index contributed by atoms with van der Waals surface area (Å²) in [5.74, 6) is 1.50. The maximum atomic E-state index is 13.1. The molecule has 0 aliphatic carbocycles. The minimum absolute atomic E-state index is 0.159. The van der Waals surface area contributed by atoms with Crippen LogP contribution in [0.3, 0.4) is 0 Å². The molecule has 0 bridgehead atoms. The molecule has 1 saturated heterocycles. The summed E-state index contributed by atoms with van der Waals surface area (Å²) < 4.78 is 25.7. The smallest absolute Gasteiger partial charge is 0.314 e. The average Bonchev–Trinajstić information content (AvgIpc) is 3.36. The summed E-state index contributed by atoms with van der Waals surface area (Å²) in [5, 5.41) is 12.1. The lowest BCUT2D eigenvalue weighted by molar-refractivity contribution is 0.204. The Bertz CT molecular complexity index is 1240. The lowest BCUT2D eigenvalue weighted by atomic mass is 10.2. The Morgan fingerprint density at radius 3 is 2.66 bits per heavy atom. The van der Waals surface area contributed by atoms with E-state index in [0.717, 1.165) is 36.3 Å². The van der Waals surface area contributed by atoms with Crippen molar-refractivity contribution in [2.24, 2.45) is 0 Å². The van der Waals surface area contributed by atoms with Crippen LogP contribution in [-0.2, 0) is 16.4 Å². The fraction of sp³-hybridized carbons (Fsp3) is 0.318. The zero-order valence-electron chi connectivity index (χ0n) is 17.8. The molecular formula is C22H24ClN5O3S. The fourth-order valence-corrected chi connectivity index (χ4v) is 4.68. The van der Waals surface area contributed by atoms with Crippen molar-refractivity contribution in [1.82, 2.24) is 19.7 Å². The quantitative estimate of drug-likeness (QED) is 0.602. The maximum absolute atomic E-state index is 13.1. The van der Waals surface area contributed by atoms with E-state index in [4.69, 9.17) is 11.6 Å². The Balaban J connectivity index is 1.55. The van der Waals surface area contributed by atoms with Crippen molar-refractivity contribution < 1.29 is 13.2 Å². The molecule has 0 unspecified atom stereocenters. The summed E-state index contributed by atoms with van der Waals surface area (Å²) >= 11 is 6.00. The van der Waals surface area contributed by atoms with Gasteiger partial charge >= 0.3 is 6.03 Å². The highest BCUT2D eigenvalue weighted by atomic mass is 35.5. The summed E-state index contributed by atoms with van der Waals surface area (Å²) in [6.07, 6.45) is 2.75. The van der Waals surface area contributed by atoms with Gasteiger partial charge in [0.2, 0.25) is 0 Å². The number of nitrogens with one attached hydrogen (secondary N) is 1. The van der Waals surface area contributed by atoms with Crippen molar-refractivity contribution in [3.8, 4) is 0 Å². The molecule has 2 aromatic carbocycles. The van der Waals surface area contributed by atoms with Gasteiger partial charge in [0.05, 0.1) is 17.5 Å². The van der Waals surface area contributed by atoms with Crippen LogP contribution in [0.25, 0.3) is 0 Å². The number of aryl methyl sites for hydroxylation is 1. The Kier molecular flexibility index (Phi) is 6.21. The topological polar surface area (TPSA) is 97.2 Å². The summed E-state index contributed by atoms with van der Waals surface area (Å²) in [7, 11) is -3.36. The first-order valence-electron chi connectivity index (χ1n) is 10.2. The molecule has 1 N–H and O–H groups in total. The summed E-state index contributed by atoms with van der Waals surface area (Å²) in [4.78, 5) is 15.0. The number of aromatic nitrogens is 3. The van der Waals surface area contributed by atoms with Gasteiger partial charge in [-0.3, -0.25) is 0 Å². The molecular weight excluding hydrogens is 450 g/mol. The normalized spacial score (nSPS) is 16.3. The number of carbonyl (C=O) groups is 1. The molecule has 168 valence electrons. The molecule has 1 aromatic heterocycles. The highest BCUT2D eigenvalue weighted by Crippen LogP contribution is 2.32. The molecule has 10 heteroatoms. The number of anilines is 1. The molecule has 3 aromatic rings. The largest absolute Gasteiger partial charge is 0.322 e. The van der Waals surface area contributed by atoms with Crippen LogP contribution in [-0.4, -0.2) is 46.9 Å². The molecule has 1 aliphatic rings. The SMILES string of the molecule is Cc1nnc([C@H]2CCCN2C(=O)Nc2cccc(S(C)(=O)=O)c2)n1Cc1ccc(Cl)cc1. The van der Waals surface area contributed by atoms with Crippen LogP contribution in [0.4, 0.5) is 10.5 Å². The summed E-state index contributed by atoms with van der Waals surface area (Å²) in [6, 6.07) is 13.3. The second kappa shape index (κ2) is 8.91. The Morgan fingerprint density at radius 2 is 1.94 bits per heavy atom. The third-order valence-corrected chi connectivity index (χ3v) is 6.91. The number of benzene rings is 2. The van der Waals surface area contributed by atoms with Crippen molar-refractivity contribution in [2.45, 2.75) is 37.2 Å². The summed E-state index contributed by atoms with van der Waals surface area (Å²) in [5.41, 5.74) is 1.49. The second-order valence-corrected chi connectivity index (χ2v) is 10.4. The van der Waals surface area contributed by atoms with E-state index in [0.29, 0.717) is 23.8 Å². The lowest BCUT2D eigenvalue weighted by Crippen LogP contribution is -2.35. The molecule has 1 atom stereocenters. The fourth-order valence-electron chi connectivity index (χ4n) is 3.89. The van der Waals surface area contributed by atoms with Crippen LogP contribution in [0.1, 0.15) is 36.1 Å². The van der Waals surface area contributed by atoms with E-state index in [1.165, 1.54) is 12.1 Å². The van der Waals surface area contributed by atoms with E-state index in [9.17, 15) is 13.2 Å². The van der Waals surface area contributed by atoms with Gasteiger partial charge < -0.3 is 14.8 Å². The molecule has 2 amide bonds. The highest BCUT2D eigenvalue weighted by molar-refractivity contribution is 7.90. The number of urea groups is 1. The first-order valence-corrected chi connectivity index (χ1v) is 12.5. The number of sulfone groups is 1. The van der Waals surface area contributed by atoms with E-state index >= 15 is 0 Å². The van der Waals surface area contributed by atoms with Crippen LogP contribution in [0, 0.1) is 6.92 Å². The number of nitrogens with zero attached hydrogens (tertiary/aromatic N) is 4. The zero-order chi connectivity index (χ0) is 22.9. The van der Waals surface area contributed by atoms with Gasteiger partial charge in [0, 0.05) is 23.5 Å². The molecule has 1 aliphatic heterocycles. The third-order valence-electron chi connectivity index (χ3n) is 5.54. The molecule has 32 heavy (non-hydrogen) atoms. The number of likely N-dealkylation sites (tertiary alicyclic amines) is 1. The number of carbonyl (C=O) groups excluding carboxylic acids is 1. The maximum Gasteiger partial charge on any atom is 0.322 e. The van der Waals surface area contributed by atoms with Gasteiger partial charge in [0.15, 0.2) is 15.7 Å². The van der Waals surface area contributed by atoms with Crippen molar-refractivity contribution in [2.75, 3.05) is 18.1 Å². The van der Waals surface area contributed by atoms with E-state index in [1.807, 2.05) is 35.8 Å². The van der Waals surface area contributed by atoms with Gasteiger partial charge in [-0.25, -0.2) is 13.2 Å². The predicted octanol–water partition coefficient (Wildman–Crippen LogP) is 4.06. The number of hydrogen-bond acceptors (Lipinski definition) is 5. The van der Waals surface area contributed by atoms with E-state index in [2.05, 4.69) is 15.5 Å². The monoisotopic (exact) mass is 473 g/mol. The highest BCUT2D eigenvalue weighted by Gasteiger charge is 2.34. The molecule has 4 rings (SSSR count). The molecule has 0 radical (unpaired) electrons. The molecule has 0 spiro atoms. The number of rotatable bonds is 5. The second-order valence-electron chi connectivity index (χ2n) is 7.90.